The van der Waals surface area contributed by atoms with Crippen LogP contribution in [0.5, 0.6) is 0 Å². The lowest BCUT2D eigenvalue weighted by atomic mass is 10.0. The third-order valence-corrected chi connectivity index (χ3v) is 1.64. The van der Waals surface area contributed by atoms with Crippen LogP contribution in [0.3, 0.4) is 0 Å². The SMILES string of the molecule is O=C(OO)C1CCOCC1. The molecule has 1 rings (SSSR count). The molecule has 0 saturated carbocycles. The van der Waals surface area contributed by atoms with E-state index in [1.54, 1.807) is 0 Å². The number of ether oxygens (including phenoxy) is 1. The van der Waals surface area contributed by atoms with Crippen molar-refractivity contribution < 1.29 is 19.7 Å². The van der Waals surface area contributed by atoms with Crippen LogP contribution < -0.4 is 0 Å². The first-order valence-electron chi connectivity index (χ1n) is 3.27. The summed E-state index contributed by atoms with van der Waals surface area (Å²) in [6.07, 6.45) is 1.30. The summed E-state index contributed by atoms with van der Waals surface area (Å²) in [5.41, 5.74) is 0. The number of carbonyl (C=O) groups excluding carboxylic acids is 1. The lowest BCUT2D eigenvalue weighted by Gasteiger charge is -2.18. The Morgan fingerprint density at radius 2 is 2.10 bits per heavy atom. The molecule has 0 aromatic carbocycles. The maximum atomic E-state index is 10.6. The summed E-state index contributed by atoms with van der Waals surface area (Å²) in [5, 5.41) is 8.00. The highest BCUT2D eigenvalue weighted by Crippen LogP contribution is 2.15. The molecule has 1 saturated heterocycles. The molecule has 0 radical (unpaired) electrons. The summed E-state index contributed by atoms with van der Waals surface area (Å²) in [6.45, 7) is 1.17. The van der Waals surface area contributed by atoms with E-state index in [1.807, 2.05) is 0 Å². The van der Waals surface area contributed by atoms with Crippen molar-refractivity contribution in [2.24, 2.45) is 5.92 Å². The fourth-order valence-corrected chi connectivity index (χ4v) is 1.01. The standard InChI is InChI=1S/C6H10O4/c7-6(10-8)5-1-3-9-4-2-5/h5,8H,1-4H2. The van der Waals surface area contributed by atoms with Crippen LogP contribution in [0.15, 0.2) is 0 Å². The first-order chi connectivity index (χ1) is 4.84. The Morgan fingerprint density at radius 1 is 1.50 bits per heavy atom. The van der Waals surface area contributed by atoms with Gasteiger partial charge >= 0.3 is 5.97 Å². The van der Waals surface area contributed by atoms with Crippen LogP contribution in [-0.4, -0.2) is 24.4 Å². The third-order valence-electron chi connectivity index (χ3n) is 1.64. The second-order valence-electron chi connectivity index (χ2n) is 2.30. The van der Waals surface area contributed by atoms with Crippen molar-refractivity contribution in [2.75, 3.05) is 13.2 Å². The minimum absolute atomic E-state index is 0.168. The van der Waals surface area contributed by atoms with Crippen molar-refractivity contribution in [1.82, 2.24) is 0 Å². The average Bonchev–Trinajstić information content (AvgIpc) is 2.05. The first kappa shape index (κ1) is 7.50. The van der Waals surface area contributed by atoms with Crippen LogP contribution in [0.1, 0.15) is 12.8 Å². The molecule has 1 heterocycles. The van der Waals surface area contributed by atoms with Gasteiger partial charge in [0.15, 0.2) is 0 Å². The van der Waals surface area contributed by atoms with E-state index in [0.717, 1.165) is 0 Å². The third kappa shape index (κ3) is 1.68. The highest BCUT2D eigenvalue weighted by Gasteiger charge is 2.22. The molecule has 4 heteroatoms. The summed E-state index contributed by atoms with van der Waals surface area (Å²) in [6, 6.07) is 0. The molecule has 0 aromatic rings. The van der Waals surface area contributed by atoms with Crippen molar-refractivity contribution in [3.8, 4) is 0 Å². The van der Waals surface area contributed by atoms with E-state index in [9.17, 15) is 4.79 Å². The molecule has 0 atom stereocenters. The Balaban J connectivity index is 2.31. The molecular formula is C6H10O4. The maximum absolute atomic E-state index is 10.6. The van der Waals surface area contributed by atoms with Gasteiger partial charge in [-0.1, -0.05) is 0 Å². The molecule has 10 heavy (non-hydrogen) atoms. The van der Waals surface area contributed by atoms with E-state index in [0.29, 0.717) is 26.1 Å². The van der Waals surface area contributed by atoms with Gasteiger partial charge in [-0.3, -0.25) is 0 Å². The topological polar surface area (TPSA) is 55.8 Å². The first-order valence-corrected chi connectivity index (χ1v) is 3.27. The van der Waals surface area contributed by atoms with Gasteiger partial charge in [-0.2, -0.15) is 5.26 Å². The van der Waals surface area contributed by atoms with Gasteiger partial charge in [0.25, 0.3) is 0 Å². The van der Waals surface area contributed by atoms with Crippen molar-refractivity contribution in [3.05, 3.63) is 0 Å². The van der Waals surface area contributed by atoms with Crippen LogP contribution >= 0.6 is 0 Å². The Bertz CT molecular complexity index is 117. The molecule has 0 amide bonds. The van der Waals surface area contributed by atoms with Crippen LogP contribution in [0, 0.1) is 5.92 Å². The van der Waals surface area contributed by atoms with Crippen LogP contribution in [-0.2, 0) is 14.4 Å². The van der Waals surface area contributed by atoms with Crippen molar-refractivity contribution in [1.29, 1.82) is 0 Å². The van der Waals surface area contributed by atoms with E-state index < -0.39 is 5.97 Å². The lowest BCUT2D eigenvalue weighted by Crippen LogP contribution is -2.24. The number of hydrogen-bond donors (Lipinski definition) is 1. The summed E-state index contributed by atoms with van der Waals surface area (Å²) in [4.78, 5) is 14.2. The predicted molar refractivity (Wildman–Crippen MR) is 32.3 cm³/mol. The zero-order valence-electron chi connectivity index (χ0n) is 5.58. The fourth-order valence-electron chi connectivity index (χ4n) is 1.01. The Morgan fingerprint density at radius 3 is 2.60 bits per heavy atom. The van der Waals surface area contributed by atoms with Crippen LogP contribution in [0.4, 0.5) is 0 Å². The molecule has 0 spiro atoms. The average molecular weight is 146 g/mol. The largest absolute Gasteiger partial charge is 0.381 e. The quantitative estimate of drug-likeness (QED) is 0.430. The normalized spacial score (nSPS) is 20.5. The van der Waals surface area contributed by atoms with E-state index in [1.165, 1.54) is 0 Å². The smallest absolute Gasteiger partial charge is 0.345 e. The zero-order valence-corrected chi connectivity index (χ0v) is 5.58. The predicted octanol–water partition coefficient (Wildman–Crippen LogP) is 0.429. The fraction of sp³-hybridized carbons (Fsp3) is 0.833. The van der Waals surface area contributed by atoms with Gasteiger partial charge in [0, 0.05) is 13.2 Å². The van der Waals surface area contributed by atoms with E-state index in [-0.39, 0.29) is 5.92 Å². The van der Waals surface area contributed by atoms with Crippen molar-refractivity contribution in [3.63, 3.8) is 0 Å². The Hall–Kier alpha value is -0.610. The highest BCUT2D eigenvalue weighted by atomic mass is 17.1. The summed E-state index contributed by atoms with van der Waals surface area (Å²) in [5.74, 6) is -0.706. The Labute approximate surface area is 58.7 Å². The summed E-state index contributed by atoms with van der Waals surface area (Å²) < 4.78 is 5.00. The molecule has 1 N–H and O–H groups in total. The van der Waals surface area contributed by atoms with Gasteiger partial charge in [-0.05, 0) is 12.8 Å². The van der Waals surface area contributed by atoms with Gasteiger partial charge in [0.05, 0.1) is 5.92 Å². The molecule has 0 unspecified atom stereocenters. The minimum atomic E-state index is -0.539. The number of hydrogen-bond acceptors (Lipinski definition) is 4. The number of rotatable bonds is 1. The van der Waals surface area contributed by atoms with Crippen molar-refractivity contribution in [2.45, 2.75) is 12.8 Å². The second kappa shape index (κ2) is 3.53. The maximum Gasteiger partial charge on any atom is 0.345 e. The molecule has 0 aromatic heterocycles. The van der Waals surface area contributed by atoms with Gasteiger partial charge in [-0.25, -0.2) is 4.79 Å². The summed E-state index contributed by atoms with van der Waals surface area (Å²) in [7, 11) is 0. The van der Waals surface area contributed by atoms with Gasteiger partial charge in [0.2, 0.25) is 0 Å². The van der Waals surface area contributed by atoms with Crippen molar-refractivity contribution >= 4 is 5.97 Å². The van der Waals surface area contributed by atoms with E-state index in [4.69, 9.17) is 9.99 Å². The van der Waals surface area contributed by atoms with E-state index in [2.05, 4.69) is 4.89 Å². The second-order valence-corrected chi connectivity index (χ2v) is 2.30. The van der Waals surface area contributed by atoms with E-state index >= 15 is 0 Å². The summed E-state index contributed by atoms with van der Waals surface area (Å²) >= 11 is 0. The number of carbonyl (C=O) groups is 1. The zero-order chi connectivity index (χ0) is 7.40. The molecule has 1 fully saturated rings. The molecule has 4 nitrogen and oxygen atoms in total. The molecule has 0 aliphatic carbocycles. The molecule has 0 bridgehead atoms. The molecular weight excluding hydrogens is 136 g/mol. The Kier molecular flexibility index (Phi) is 2.65. The van der Waals surface area contributed by atoms with Crippen LogP contribution in [0.25, 0.3) is 0 Å². The highest BCUT2D eigenvalue weighted by molar-refractivity contribution is 5.71. The molecule has 1 aliphatic heterocycles. The van der Waals surface area contributed by atoms with Gasteiger partial charge in [-0.15, -0.1) is 0 Å². The molecule has 1 aliphatic rings. The molecule has 58 valence electrons. The van der Waals surface area contributed by atoms with Gasteiger partial charge < -0.3 is 9.62 Å². The minimum Gasteiger partial charge on any atom is -0.381 e. The monoisotopic (exact) mass is 146 g/mol. The lowest BCUT2D eigenvalue weighted by molar-refractivity contribution is -0.241. The van der Waals surface area contributed by atoms with Crippen LogP contribution in [0.2, 0.25) is 0 Å². The van der Waals surface area contributed by atoms with Gasteiger partial charge in [0.1, 0.15) is 0 Å².